The van der Waals surface area contributed by atoms with Crippen molar-refractivity contribution in [1.29, 1.82) is 5.26 Å². The molecular weight excluding hydrogens is 504 g/mol. The van der Waals surface area contributed by atoms with Gasteiger partial charge in [-0.3, -0.25) is 0 Å². The maximum Gasteiger partial charge on any atom is 0.348 e. The number of rotatable bonds is 7. The lowest BCUT2D eigenvalue weighted by Gasteiger charge is -2.28. The second-order valence-corrected chi connectivity index (χ2v) is 9.70. The van der Waals surface area contributed by atoms with Gasteiger partial charge in [0.15, 0.2) is 0 Å². The highest BCUT2D eigenvalue weighted by molar-refractivity contribution is 7.12. The molecule has 0 N–H and O–H groups in total. The molecule has 1 saturated heterocycles. The minimum Gasteiger partial charge on any atom is -0.472 e. The molecule has 4 aromatic rings. The summed E-state index contributed by atoms with van der Waals surface area (Å²) in [6.07, 6.45) is 0. The Kier molecular flexibility index (Phi) is 7.40. The summed E-state index contributed by atoms with van der Waals surface area (Å²) in [5, 5.41) is 16.0. The number of thiophene rings is 1. The van der Waals surface area contributed by atoms with Gasteiger partial charge in [-0.05, 0) is 43.5 Å². The molecule has 5 rings (SSSR count). The largest absolute Gasteiger partial charge is 0.472 e. The first-order valence-corrected chi connectivity index (χ1v) is 13.0. The van der Waals surface area contributed by atoms with E-state index in [4.69, 9.17) is 23.7 Å². The van der Waals surface area contributed by atoms with Gasteiger partial charge in [-0.25, -0.2) is 9.78 Å². The van der Waals surface area contributed by atoms with E-state index in [2.05, 4.69) is 28.3 Å². The highest BCUT2D eigenvalue weighted by Crippen LogP contribution is 2.37. The number of nitriles is 1. The number of aromatic nitrogens is 2. The minimum atomic E-state index is -0.402. The Morgan fingerprint density at radius 1 is 1.18 bits per heavy atom. The molecule has 3 aromatic heterocycles. The molecule has 1 aliphatic rings. The number of esters is 1. The van der Waals surface area contributed by atoms with E-state index >= 15 is 0 Å². The van der Waals surface area contributed by atoms with Crippen LogP contribution in [0.25, 0.3) is 22.4 Å². The van der Waals surface area contributed by atoms with Crippen LogP contribution in [0.2, 0.25) is 0 Å². The number of hydrogen-bond acceptors (Lipinski definition) is 10. The van der Waals surface area contributed by atoms with Gasteiger partial charge < -0.3 is 23.6 Å². The molecule has 0 atom stereocenters. The van der Waals surface area contributed by atoms with Crippen molar-refractivity contribution in [2.24, 2.45) is 0 Å². The summed E-state index contributed by atoms with van der Waals surface area (Å²) in [5.74, 6) is 0.397. The smallest absolute Gasteiger partial charge is 0.348 e. The van der Waals surface area contributed by atoms with Crippen LogP contribution >= 0.6 is 11.3 Å². The Bertz CT molecular complexity index is 1480. The summed E-state index contributed by atoms with van der Waals surface area (Å²) in [7, 11) is 1.34. The molecule has 0 bridgehead atoms. The number of benzene rings is 1. The van der Waals surface area contributed by atoms with E-state index in [1.807, 2.05) is 37.4 Å². The van der Waals surface area contributed by atoms with Gasteiger partial charge in [0.25, 0.3) is 0 Å². The molecule has 38 heavy (non-hydrogen) atoms. The van der Waals surface area contributed by atoms with E-state index in [0.717, 1.165) is 35.5 Å². The normalized spacial score (nSPS) is 13.3. The average Bonchev–Trinajstić information content (AvgIpc) is 3.57. The molecule has 9 nitrogen and oxygen atoms in total. The molecule has 0 unspecified atom stereocenters. The number of carbonyl (C=O) groups excluding carboxylic acids is 1. The van der Waals surface area contributed by atoms with Gasteiger partial charge in [0, 0.05) is 41.0 Å². The van der Waals surface area contributed by atoms with E-state index in [-0.39, 0.29) is 18.1 Å². The zero-order chi connectivity index (χ0) is 26.6. The third-order valence-electron chi connectivity index (χ3n) is 6.36. The molecule has 10 heteroatoms. The molecule has 1 aromatic carbocycles. The highest BCUT2D eigenvalue weighted by atomic mass is 32.1. The molecule has 0 saturated carbocycles. The standard InChI is InChI=1S/C28H26N4O5S/c1-17-26(18(2)37-31-17)22-13-24(20-4-6-21(7-5-20)32-8-10-35-11-9-32)30-27(23(22)14-29)36-15-19-12-25(38-16-19)28(33)34-3/h4-7,12-13,16H,8-11,15H2,1-3H3. The van der Waals surface area contributed by atoms with Crippen molar-refractivity contribution in [2.75, 3.05) is 38.3 Å². The summed E-state index contributed by atoms with van der Waals surface area (Å²) >= 11 is 1.27. The number of anilines is 1. The second-order valence-electron chi connectivity index (χ2n) is 8.79. The van der Waals surface area contributed by atoms with Gasteiger partial charge in [-0.1, -0.05) is 17.3 Å². The molecule has 194 valence electrons. The fraction of sp³-hybridized carbons (Fsp3) is 0.286. The lowest BCUT2D eigenvalue weighted by Crippen LogP contribution is -2.36. The zero-order valence-electron chi connectivity index (χ0n) is 21.3. The Morgan fingerprint density at radius 3 is 2.61 bits per heavy atom. The molecule has 0 spiro atoms. The Balaban J connectivity index is 1.53. The first-order chi connectivity index (χ1) is 18.5. The molecule has 0 radical (unpaired) electrons. The maximum atomic E-state index is 11.8. The number of pyridine rings is 1. The Labute approximate surface area is 224 Å². The van der Waals surface area contributed by atoms with Crippen molar-refractivity contribution < 1.29 is 23.5 Å². The van der Waals surface area contributed by atoms with Crippen LogP contribution in [0.4, 0.5) is 5.69 Å². The van der Waals surface area contributed by atoms with Gasteiger partial charge >= 0.3 is 5.97 Å². The van der Waals surface area contributed by atoms with Crippen LogP contribution in [-0.2, 0) is 16.1 Å². The first kappa shape index (κ1) is 25.4. The Morgan fingerprint density at radius 2 is 1.95 bits per heavy atom. The summed E-state index contributed by atoms with van der Waals surface area (Å²) in [6, 6.07) is 14.0. The van der Waals surface area contributed by atoms with E-state index < -0.39 is 5.97 Å². The van der Waals surface area contributed by atoms with Gasteiger partial charge in [-0.2, -0.15) is 5.26 Å². The second kappa shape index (κ2) is 11.0. The molecule has 1 fully saturated rings. The number of morpholine rings is 1. The van der Waals surface area contributed by atoms with Crippen LogP contribution in [0.1, 0.15) is 32.3 Å². The van der Waals surface area contributed by atoms with Gasteiger partial charge in [0.2, 0.25) is 5.88 Å². The first-order valence-electron chi connectivity index (χ1n) is 12.1. The van der Waals surface area contributed by atoms with E-state index in [1.54, 1.807) is 6.07 Å². The fourth-order valence-electron chi connectivity index (χ4n) is 4.42. The predicted octanol–water partition coefficient (Wildman–Crippen LogP) is 5.16. The van der Waals surface area contributed by atoms with Crippen LogP contribution in [0.5, 0.6) is 5.88 Å². The predicted molar refractivity (Wildman–Crippen MR) is 142 cm³/mol. The van der Waals surface area contributed by atoms with Crippen molar-refractivity contribution in [3.8, 4) is 34.3 Å². The summed E-state index contributed by atoms with van der Waals surface area (Å²) < 4.78 is 21.7. The number of ether oxygens (including phenoxy) is 3. The maximum absolute atomic E-state index is 11.8. The van der Waals surface area contributed by atoms with Crippen LogP contribution in [0.15, 0.2) is 46.3 Å². The van der Waals surface area contributed by atoms with E-state index in [9.17, 15) is 10.1 Å². The zero-order valence-corrected chi connectivity index (χ0v) is 22.1. The fourth-order valence-corrected chi connectivity index (χ4v) is 5.24. The van der Waals surface area contributed by atoms with Crippen LogP contribution in [0, 0.1) is 25.2 Å². The third kappa shape index (κ3) is 5.11. The quantitative estimate of drug-likeness (QED) is 0.299. The SMILES string of the molecule is COC(=O)c1cc(COc2nc(-c3ccc(N4CCOCC4)cc3)cc(-c3c(C)noc3C)c2C#N)cs1. The monoisotopic (exact) mass is 530 g/mol. The molecule has 4 heterocycles. The lowest BCUT2D eigenvalue weighted by atomic mass is 9.97. The summed E-state index contributed by atoms with van der Waals surface area (Å²) in [4.78, 5) is 19.3. The number of hydrogen-bond donors (Lipinski definition) is 0. The van der Waals surface area contributed by atoms with Crippen LogP contribution in [-0.4, -0.2) is 49.5 Å². The Hall–Kier alpha value is -4.20. The summed E-state index contributed by atoms with van der Waals surface area (Å²) in [6.45, 7) is 6.91. The molecule has 0 amide bonds. The van der Waals surface area contributed by atoms with Gasteiger partial charge in [0.05, 0.1) is 31.7 Å². The number of methoxy groups -OCH3 is 1. The highest BCUT2D eigenvalue weighted by Gasteiger charge is 2.22. The molecular formula is C28H26N4O5S. The van der Waals surface area contributed by atoms with Crippen molar-refractivity contribution in [3.05, 3.63) is 69.2 Å². The lowest BCUT2D eigenvalue weighted by molar-refractivity contribution is 0.0606. The third-order valence-corrected chi connectivity index (χ3v) is 7.32. The topological polar surface area (TPSA) is 111 Å². The van der Waals surface area contributed by atoms with Crippen molar-refractivity contribution in [3.63, 3.8) is 0 Å². The number of carbonyl (C=O) groups is 1. The van der Waals surface area contributed by atoms with Crippen LogP contribution < -0.4 is 9.64 Å². The molecule has 1 aliphatic heterocycles. The average molecular weight is 531 g/mol. The van der Waals surface area contributed by atoms with Crippen molar-refractivity contribution in [2.45, 2.75) is 20.5 Å². The van der Waals surface area contributed by atoms with Gasteiger partial charge in [0.1, 0.15) is 28.9 Å². The van der Waals surface area contributed by atoms with E-state index in [0.29, 0.717) is 40.8 Å². The van der Waals surface area contributed by atoms with Crippen molar-refractivity contribution in [1.82, 2.24) is 10.1 Å². The minimum absolute atomic E-state index is 0.135. The van der Waals surface area contributed by atoms with E-state index in [1.165, 1.54) is 18.4 Å². The number of nitrogens with zero attached hydrogens (tertiary/aromatic N) is 4. The molecule has 0 aliphatic carbocycles. The summed E-state index contributed by atoms with van der Waals surface area (Å²) in [5.41, 5.74) is 5.77. The van der Waals surface area contributed by atoms with Gasteiger partial charge in [-0.15, -0.1) is 11.3 Å². The number of aryl methyl sites for hydroxylation is 2. The van der Waals surface area contributed by atoms with Crippen molar-refractivity contribution >= 4 is 23.0 Å². The van der Waals surface area contributed by atoms with Crippen LogP contribution in [0.3, 0.4) is 0 Å².